The molecule has 1 aliphatic carbocycles. The molecule has 1 unspecified atom stereocenters. The summed E-state index contributed by atoms with van der Waals surface area (Å²) in [6.07, 6.45) is 8.68. The summed E-state index contributed by atoms with van der Waals surface area (Å²) >= 11 is 0. The van der Waals surface area contributed by atoms with Crippen molar-refractivity contribution in [3.63, 3.8) is 0 Å². The number of pyridine rings is 1. The molecule has 0 amide bonds. The number of allylic oxidation sites excluding steroid dienone is 2. The minimum absolute atomic E-state index is 0.0864. The van der Waals surface area contributed by atoms with Crippen molar-refractivity contribution in [2.24, 2.45) is 17.8 Å². The average Bonchev–Trinajstić information content (AvgIpc) is 3.60. The van der Waals surface area contributed by atoms with Gasteiger partial charge in [0.2, 0.25) is 0 Å². The van der Waals surface area contributed by atoms with Crippen molar-refractivity contribution in [2.75, 3.05) is 0 Å². The van der Waals surface area contributed by atoms with Crippen LogP contribution in [0.25, 0.3) is 33.3 Å². The van der Waals surface area contributed by atoms with E-state index >= 15 is 0 Å². The van der Waals surface area contributed by atoms with Crippen molar-refractivity contribution in [1.29, 1.82) is 0 Å². The van der Waals surface area contributed by atoms with Crippen LogP contribution in [-0.4, -0.2) is 19.3 Å². The van der Waals surface area contributed by atoms with Crippen LogP contribution in [0.3, 0.4) is 0 Å². The molecule has 7 rings (SSSR count). The standard InChI is InChI=1S/C47H56N4O/c1-11-34-20-21-48-44(24-34)50-41-15-13-12-14-39(41)40-18-17-37(28-43(40)50)52-38-26-35(47(8,9)10)25-36(27-38)51-42(19-16-29(2)3)46(33(7)49-51)45-31(5)22-30(4)23-32(45)6/h12-15,17-18,20-22,24-30,32,45H,11,16,19,23H2,1-10H3/t30-,32-,45?/m0/s1. The molecule has 3 heterocycles. The smallest absolute Gasteiger partial charge is 0.137 e. The van der Waals surface area contributed by atoms with E-state index in [1.807, 2.05) is 6.20 Å². The van der Waals surface area contributed by atoms with E-state index in [2.05, 4.69) is 157 Å². The Balaban J connectivity index is 1.36. The molecule has 3 atom stereocenters. The number of ether oxygens (including phenoxy) is 1. The van der Waals surface area contributed by atoms with Crippen LogP contribution < -0.4 is 4.74 Å². The summed E-state index contributed by atoms with van der Waals surface area (Å²) in [6, 6.07) is 26.1. The van der Waals surface area contributed by atoms with E-state index in [1.54, 1.807) is 0 Å². The van der Waals surface area contributed by atoms with Crippen molar-refractivity contribution in [3.8, 4) is 23.0 Å². The molecule has 0 N–H and O–H groups in total. The van der Waals surface area contributed by atoms with E-state index in [9.17, 15) is 0 Å². The van der Waals surface area contributed by atoms with E-state index < -0.39 is 0 Å². The highest BCUT2D eigenvalue weighted by atomic mass is 16.5. The van der Waals surface area contributed by atoms with Gasteiger partial charge >= 0.3 is 0 Å². The third kappa shape index (κ3) is 6.83. The highest BCUT2D eigenvalue weighted by Gasteiger charge is 2.33. The van der Waals surface area contributed by atoms with Gasteiger partial charge in [0, 0.05) is 46.3 Å². The molecule has 3 aromatic carbocycles. The van der Waals surface area contributed by atoms with Gasteiger partial charge in [-0.25, -0.2) is 9.67 Å². The molecule has 6 aromatic rings. The number of nitrogens with zero attached hydrogens (tertiary/aromatic N) is 4. The minimum atomic E-state index is -0.0864. The Morgan fingerprint density at radius 2 is 1.65 bits per heavy atom. The summed E-state index contributed by atoms with van der Waals surface area (Å²) in [6.45, 7) is 23.0. The molecule has 0 aliphatic heterocycles. The van der Waals surface area contributed by atoms with Gasteiger partial charge in [-0.15, -0.1) is 0 Å². The van der Waals surface area contributed by atoms with Crippen molar-refractivity contribution in [3.05, 3.63) is 119 Å². The second kappa shape index (κ2) is 14.1. The number of fused-ring (bicyclic) bond motifs is 3. The molecule has 0 saturated heterocycles. The molecule has 0 bridgehead atoms. The molecular weight excluding hydrogens is 637 g/mol. The first kappa shape index (κ1) is 35.7. The van der Waals surface area contributed by atoms with Crippen LogP contribution in [0.1, 0.15) is 109 Å². The van der Waals surface area contributed by atoms with Crippen LogP contribution >= 0.6 is 0 Å². The molecule has 0 fully saturated rings. The van der Waals surface area contributed by atoms with Crippen LogP contribution in [0.4, 0.5) is 0 Å². The fraction of sp³-hybridized carbons (Fsp3) is 0.404. The fourth-order valence-electron chi connectivity index (χ4n) is 8.57. The molecule has 0 saturated carbocycles. The van der Waals surface area contributed by atoms with Crippen LogP contribution in [0.2, 0.25) is 0 Å². The SMILES string of the molecule is CCc1ccnc(-n2c3ccccc3c3ccc(Oc4cc(-n5nc(C)c(C6C(C)=C[C@H](C)C[C@@H]6C)c5CCC(C)C)cc(C(C)(C)C)c4)cc32)c1. The molecule has 3 aromatic heterocycles. The summed E-state index contributed by atoms with van der Waals surface area (Å²) in [5.41, 5.74) is 11.1. The molecule has 52 heavy (non-hydrogen) atoms. The van der Waals surface area contributed by atoms with E-state index in [-0.39, 0.29) is 5.41 Å². The summed E-state index contributed by atoms with van der Waals surface area (Å²) in [7, 11) is 0. The van der Waals surface area contributed by atoms with Gasteiger partial charge < -0.3 is 4.74 Å². The normalized spacial score (nSPS) is 18.1. The number of aromatic nitrogens is 4. The molecule has 1 aliphatic rings. The monoisotopic (exact) mass is 692 g/mol. The van der Waals surface area contributed by atoms with Crippen molar-refractivity contribution >= 4 is 21.8 Å². The summed E-state index contributed by atoms with van der Waals surface area (Å²) in [5.74, 6) is 4.70. The molecule has 5 heteroatoms. The van der Waals surface area contributed by atoms with Gasteiger partial charge in [-0.2, -0.15) is 5.10 Å². The Morgan fingerprint density at radius 3 is 2.38 bits per heavy atom. The Bertz CT molecular complexity index is 2280. The topological polar surface area (TPSA) is 44.9 Å². The first-order valence-electron chi connectivity index (χ1n) is 19.4. The largest absolute Gasteiger partial charge is 0.457 e. The van der Waals surface area contributed by atoms with Gasteiger partial charge in [0.15, 0.2) is 0 Å². The second-order valence-electron chi connectivity index (χ2n) is 16.8. The van der Waals surface area contributed by atoms with Crippen LogP contribution in [0.5, 0.6) is 11.5 Å². The van der Waals surface area contributed by atoms with E-state index in [1.165, 1.54) is 45.2 Å². The van der Waals surface area contributed by atoms with Crippen molar-refractivity contribution in [2.45, 2.75) is 106 Å². The van der Waals surface area contributed by atoms with Gasteiger partial charge in [0.1, 0.15) is 17.3 Å². The maximum absolute atomic E-state index is 6.87. The zero-order valence-electron chi connectivity index (χ0n) is 32.9. The van der Waals surface area contributed by atoms with Crippen LogP contribution in [0, 0.1) is 24.7 Å². The lowest BCUT2D eigenvalue weighted by molar-refractivity contribution is 0.389. The lowest BCUT2D eigenvalue weighted by Gasteiger charge is -2.33. The number of hydrogen-bond donors (Lipinski definition) is 0. The summed E-state index contributed by atoms with van der Waals surface area (Å²) in [4.78, 5) is 4.83. The quantitative estimate of drug-likeness (QED) is 0.142. The first-order chi connectivity index (χ1) is 24.8. The van der Waals surface area contributed by atoms with Gasteiger partial charge in [-0.3, -0.25) is 4.57 Å². The van der Waals surface area contributed by atoms with Crippen LogP contribution in [-0.2, 0) is 18.3 Å². The second-order valence-corrected chi connectivity index (χ2v) is 16.8. The maximum atomic E-state index is 6.87. The zero-order valence-corrected chi connectivity index (χ0v) is 32.9. The number of para-hydroxylation sites is 1. The van der Waals surface area contributed by atoms with Gasteiger partial charge in [0.05, 0.1) is 22.4 Å². The Morgan fingerprint density at radius 1 is 0.885 bits per heavy atom. The molecular formula is C47H56N4O. The van der Waals surface area contributed by atoms with Gasteiger partial charge in [-0.1, -0.05) is 85.2 Å². The van der Waals surface area contributed by atoms with E-state index in [4.69, 9.17) is 14.8 Å². The maximum Gasteiger partial charge on any atom is 0.137 e. The molecule has 0 spiro atoms. The molecule has 270 valence electrons. The summed E-state index contributed by atoms with van der Waals surface area (Å²) in [5, 5.41) is 7.73. The predicted octanol–water partition coefficient (Wildman–Crippen LogP) is 12.6. The lowest BCUT2D eigenvalue weighted by Crippen LogP contribution is -2.21. The third-order valence-electron chi connectivity index (χ3n) is 11.2. The predicted molar refractivity (Wildman–Crippen MR) is 218 cm³/mol. The van der Waals surface area contributed by atoms with Gasteiger partial charge in [0.25, 0.3) is 0 Å². The Kier molecular flexibility index (Phi) is 9.67. The van der Waals surface area contributed by atoms with E-state index in [0.717, 1.165) is 59.0 Å². The first-order valence-corrected chi connectivity index (χ1v) is 19.4. The minimum Gasteiger partial charge on any atom is -0.457 e. The summed E-state index contributed by atoms with van der Waals surface area (Å²) < 4.78 is 11.4. The average molecular weight is 693 g/mol. The Hall–Kier alpha value is -4.64. The molecule has 0 radical (unpaired) electrons. The molecule has 5 nitrogen and oxygen atoms in total. The van der Waals surface area contributed by atoms with E-state index in [0.29, 0.717) is 23.7 Å². The van der Waals surface area contributed by atoms with Crippen LogP contribution in [0.15, 0.2) is 90.6 Å². The van der Waals surface area contributed by atoms with Crippen molar-refractivity contribution < 1.29 is 4.74 Å². The lowest BCUT2D eigenvalue weighted by atomic mass is 9.72. The number of benzene rings is 3. The number of rotatable bonds is 9. The highest BCUT2D eigenvalue weighted by Crippen LogP contribution is 2.44. The third-order valence-corrected chi connectivity index (χ3v) is 11.2. The van der Waals surface area contributed by atoms with Crippen molar-refractivity contribution in [1.82, 2.24) is 19.3 Å². The number of hydrogen-bond acceptors (Lipinski definition) is 3. The highest BCUT2D eigenvalue weighted by molar-refractivity contribution is 6.09. The van der Waals surface area contributed by atoms with Gasteiger partial charge in [-0.05, 0) is 116 Å². The number of aryl methyl sites for hydroxylation is 2. The zero-order chi connectivity index (χ0) is 36.9. The fourth-order valence-corrected chi connectivity index (χ4v) is 8.57. The Labute approximate surface area is 310 Å².